The van der Waals surface area contributed by atoms with E-state index in [1.54, 1.807) is 6.07 Å². The van der Waals surface area contributed by atoms with Crippen LogP contribution in [-0.2, 0) is 0 Å². The van der Waals surface area contributed by atoms with Gasteiger partial charge in [0.25, 0.3) is 5.69 Å². The monoisotopic (exact) mass is 266 g/mol. The Kier molecular flexibility index (Phi) is 4.52. The van der Waals surface area contributed by atoms with Crippen LogP contribution in [-0.4, -0.2) is 32.6 Å². The molecule has 1 aromatic rings. The van der Waals surface area contributed by atoms with Crippen LogP contribution in [0.5, 0.6) is 5.75 Å². The molecule has 0 spiro atoms. The van der Waals surface area contributed by atoms with Crippen LogP contribution in [0, 0.1) is 21.4 Å². The Labute approximate surface area is 107 Å². The minimum absolute atomic E-state index is 0.190. The van der Waals surface area contributed by atoms with E-state index in [9.17, 15) is 30.2 Å². The van der Waals surface area contributed by atoms with E-state index in [1.807, 2.05) is 0 Å². The smallest absolute Gasteiger partial charge is 0.270 e. The van der Waals surface area contributed by atoms with Gasteiger partial charge in [0.2, 0.25) is 0 Å². The minimum atomic E-state index is -1.71. The lowest BCUT2D eigenvalue weighted by Crippen LogP contribution is -2.18. The molecule has 3 N–H and O–H groups in total. The summed E-state index contributed by atoms with van der Waals surface area (Å²) >= 11 is 0. The SMILES string of the molecule is N#CCC(O)C(O)c1cc([N+](=O)[O-])cc(C=O)c1O. The van der Waals surface area contributed by atoms with Crippen LogP contribution in [0.2, 0.25) is 0 Å². The topological polar surface area (TPSA) is 145 Å². The normalized spacial score (nSPS) is 13.3. The van der Waals surface area contributed by atoms with Crippen molar-refractivity contribution >= 4 is 12.0 Å². The van der Waals surface area contributed by atoms with E-state index in [0.717, 1.165) is 12.1 Å². The van der Waals surface area contributed by atoms with Crippen LogP contribution in [0.3, 0.4) is 0 Å². The Morgan fingerprint density at radius 2 is 2.11 bits per heavy atom. The van der Waals surface area contributed by atoms with Gasteiger partial charge in [-0.15, -0.1) is 0 Å². The maximum absolute atomic E-state index is 10.7. The Bertz CT molecular complexity index is 551. The van der Waals surface area contributed by atoms with Crippen molar-refractivity contribution in [3.8, 4) is 11.8 Å². The fourth-order valence-electron chi connectivity index (χ4n) is 1.50. The first-order valence-corrected chi connectivity index (χ1v) is 5.12. The summed E-state index contributed by atoms with van der Waals surface area (Å²) in [6, 6.07) is 3.29. The summed E-state index contributed by atoms with van der Waals surface area (Å²) in [7, 11) is 0. The van der Waals surface area contributed by atoms with Crippen LogP contribution in [0.1, 0.15) is 28.4 Å². The largest absolute Gasteiger partial charge is 0.507 e. The zero-order chi connectivity index (χ0) is 14.6. The Morgan fingerprint density at radius 1 is 1.47 bits per heavy atom. The number of nitro benzene ring substituents is 1. The van der Waals surface area contributed by atoms with Gasteiger partial charge in [-0.3, -0.25) is 14.9 Å². The van der Waals surface area contributed by atoms with Gasteiger partial charge in [-0.25, -0.2) is 0 Å². The molecule has 0 bridgehead atoms. The Hall–Kier alpha value is -2.50. The standard InChI is InChI=1S/C11H10N2O6/c12-2-1-9(15)11(17)8-4-7(13(18)19)3-6(5-14)10(8)16/h3-5,9,11,15-17H,1H2. The molecule has 8 nitrogen and oxygen atoms in total. The molecule has 0 aromatic heterocycles. The molecule has 2 atom stereocenters. The summed E-state index contributed by atoms with van der Waals surface area (Å²) < 4.78 is 0. The molecule has 2 unspecified atom stereocenters. The fourth-order valence-corrected chi connectivity index (χ4v) is 1.50. The molecule has 1 aromatic carbocycles. The van der Waals surface area contributed by atoms with E-state index in [4.69, 9.17) is 5.26 Å². The van der Waals surface area contributed by atoms with Crippen molar-refractivity contribution in [3.63, 3.8) is 0 Å². The van der Waals surface area contributed by atoms with Crippen LogP contribution < -0.4 is 0 Å². The molecule has 19 heavy (non-hydrogen) atoms. The lowest BCUT2D eigenvalue weighted by atomic mass is 9.98. The van der Waals surface area contributed by atoms with Crippen molar-refractivity contribution in [1.82, 2.24) is 0 Å². The Morgan fingerprint density at radius 3 is 2.58 bits per heavy atom. The van der Waals surface area contributed by atoms with Crippen LogP contribution in [0.15, 0.2) is 12.1 Å². The number of benzene rings is 1. The number of rotatable bonds is 5. The summed E-state index contributed by atoms with van der Waals surface area (Å²) in [5, 5.41) is 47.9. The van der Waals surface area contributed by atoms with Crippen molar-refractivity contribution in [1.29, 1.82) is 5.26 Å². The number of phenols is 1. The first-order chi connectivity index (χ1) is 8.92. The molecule has 0 aliphatic rings. The predicted molar refractivity (Wildman–Crippen MR) is 61.3 cm³/mol. The second-order valence-corrected chi connectivity index (χ2v) is 3.72. The quantitative estimate of drug-likeness (QED) is 0.397. The minimum Gasteiger partial charge on any atom is -0.507 e. The van der Waals surface area contributed by atoms with Gasteiger partial charge in [-0.1, -0.05) is 0 Å². The van der Waals surface area contributed by atoms with Gasteiger partial charge in [0.1, 0.15) is 11.9 Å². The van der Waals surface area contributed by atoms with E-state index < -0.39 is 35.0 Å². The number of carbonyl (C=O) groups excluding carboxylic acids is 1. The van der Waals surface area contributed by atoms with E-state index in [-0.39, 0.29) is 17.4 Å². The van der Waals surface area contributed by atoms with Crippen LogP contribution in [0.25, 0.3) is 0 Å². The van der Waals surface area contributed by atoms with E-state index >= 15 is 0 Å². The van der Waals surface area contributed by atoms with Crippen LogP contribution >= 0.6 is 0 Å². The summed E-state index contributed by atoms with van der Waals surface area (Å²) in [4.78, 5) is 20.5. The van der Waals surface area contributed by atoms with Gasteiger partial charge in [0.15, 0.2) is 6.29 Å². The highest BCUT2D eigenvalue weighted by molar-refractivity contribution is 5.81. The number of aliphatic hydroxyl groups excluding tert-OH is 2. The molecule has 0 saturated heterocycles. The molecular formula is C11H10N2O6. The van der Waals surface area contributed by atoms with Gasteiger partial charge < -0.3 is 15.3 Å². The highest BCUT2D eigenvalue weighted by Gasteiger charge is 2.25. The van der Waals surface area contributed by atoms with E-state index in [1.165, 1.54) is 0 Å². The average Bonchev–Trinajstić information content (AvgIpc) is 2.38. The summed E-state index contributed by atoms with van der Waals surface area (Å²) in [6.45, 7) is 0. The first kappa shape index (κ1) is 14.6. The summed E-state index contributed by atoms with van der Waals surface area (Å²) in [6.07, 6.45) is -3.48. The van der Waals surface area contributed by atoms with Gasteiger partial charge in [-0.05, 0) is 0 Å². The zero-order valence-corrected chi connectivity index (χ0v) is 9.55. The second kappa shape index (κ2) is 5.90. The number of hydrogen-bond donors (Lipinski definition) is 3. The number of non-ortho nitro benzene ring substituents is 1. The van der Waals surface area contributed by atoms with Crippen molar-refractivity contribution in [2.24, 2.45) is 0 Å². The van der Waals surface area contributed by atoms with E-state index in [0.29, 0.717) is 0 Å². The summed E-state index contributed by atoms with van der Waals surface area (Å²) in [5.41, 5.74) is -1.27. The molecule has 0 aliphatic heterocycles. The molecule has 1 rings (SSSR count). The highest BCUT2D eigenvalue weighted by atomic mass is 16.6. The van der Waals surface area contributed by atoms with Gasteiger partial charge in [0.05, 0.1) is 29.1 Å². The predicted octanol–water partition coefficient (Wildman–Crippen LogP) is 0.421. The number of nitrogens with zero attached hydrogens (tertiary/aromatic N) is 2. The molecule has 100 valence electrons. The fraction of sp³-hybridized carbons (Fsp3) is 0.273. The number of aliphatic hydroxyl groups is 2. The highest BCUT2D eigenvalue weighted by Crippen LogP contribution is 2.33. The first-order valence-electron chi connectivity index (χ1n) is 5.12. The number of carbonyl (C=O) groups is 1. The van der Waals surface area contributed by atoms with Gasteiger partial charge in [-0.2, -0.15) is 5.26 Å². The van der Waals surface area contributed by atoms with Crippen molar-refractivity contribution < 1.29 is 25.0 Å². The van der Waals surface area contributed by atoms with Gasteiger partial charge >= 0.3 is 0 Å². The molecule has 0 saturated carbocycles. The van der Waals surface area contributed by atoms with Crippen molar-refractivity contribution in [2.75, 3.05) is 0 Å². The second-order valence-electron chi connectivity index (χ2n) is 3.72. The number of aldehydes is 1. The molecule has 8 heteroatoms. The number of phenolic OH excluding ortho intramolecular Hbond substituents is 1. The number of nitriles is 1. The third kappa shape index (κ3) is 3.04. The molecule has 0 aliphatic carbocycles. The zero-order valence-electron chi connectivity index (χ0n) is 9.55. The maximum atomic E-state index is 10.7. The molecular weight excluding hydrogens is 256 g/mol. The maximum Gasteiger partial charge on any atom is 0.270 e. The molecule has 0 radical (unpaired) electrons. The molecule has 0 amide bonds. The Balaban J connectivity index is 3.33. The lowest BCUT2D eigenvalue weighted by molar-refractivity contribution is -0.385. The van der Waals surface area contributed by atoms with Gasteiger partial charge in [0, 0.05) is 17.7 Å². The van der Waals surface area contributed by atoms with Crippen molar-refractivity contribution in [2.45, 2.75) is 18.6 Å². The number of hydrogen-bond acceptors (Lipinski definition) is 7. The number of aromatic hydroxyl groups is 1. The average molecular weight is 266 g/mol. The van der Waals surface area contributed by atoms with Crippen molar-refractivity contribution in [3.05, 3.63) is 33.4 Å². The summed E-state index contributed by atoms with van der Waals surface area (Å²) in [5.74, 6) is -0.662. The molecule has 0 fully saturated rings. The lowest BCUT2D eigenvalue weighted by Gasteiger charge is -2.17. The van der Waals surface area contributed by atoms with Crippen LogP contribution in [0.4, 0.5) is 5.69 Å². The number of nitro groups is 1. The van der Waals surface area contributed by atoms with E-state index in [2.05, 4.69) is 0 Å². The molecule has 0 heterocycles. The third-order valence-electron chi connectivity index (χ3n) is 2.47. The third-order valence-corrected chi connectivity index (χ3v) is 2.47.